The number of primary sulfonamides is 1. The van der Waals surface area contributed by atoms with Gasteiger partial charge in [-0.05, 0) is 56.3 Å². The van der Waals surface area contributed by atoms with Crippen molar-refractivity contribution in [2.75, 3.05) is 11.9 Å². The molecule has 2 aromatic carbocycles. The second kappa shape index (κ2) is 7.01. The quantitative estimate of drug-likeness (QED) is 0.512. The Bertz CT molecular complexity index is 1300. The molecule has 0 bridgehead atoms. The summed E-state index contributed by atoms with van der Waals surface area (Å²) in [5, 5.41) is 10.1. The van der Waals surface area contributed by atoms with E-state index < -0.39 is 10.0 Å². The standard InChI is InChI=1S/C19H18N4O3S2/c1-3-26-12-4-6-15-14(9-12)17(8-11(2)21-15)23-19-22-16-7-5-13(28(20,24)25)10-18(16)27-19/h4-10H,3H2,1-2H3,(H2,20,24,25)(H,21,22,23). The van der Waals surface area contributed by atoms with Crippen molar-refractivity contribution in [3.8, 4) is 5.75 Å². The summed E-state index contributed by atoms with van der Waals surface area (Å²) in [6.45, 7) is 4.45. The minimum atomic E-state index is -3.75. The zero-order chi connectivity index (χ0) is 19.9. The number of aromatic nitrogens is 2. The molecule has 144 valence electrons. The molecule has 0 atom stereocenters. The van der Waals surface area contributed by atoms with Crippen LogP contribution in [0.1, 0.15) is 12.6 Å². The summed E-state index contributed by atoms with van der Waals surface area (Å²) < 4.78 is 29.5. The zero-order valence-corrected chi connectivity index (χ0v) is 16.9. The Balaban J connectivity index is 1.77. The van der Waals surface area contributed by atoms with Gasteiger partial charge >= 0.3 is 0 Å². The number of sulfonamides is 1. The molecule has 0 saturated heterocycles. The minimum Gasteiger partial charge on any atom is -0.494 e. The summed E-state index contributed by atoms with van der Waals surface area (Å²) in [6.07, 6.45) is 0. The maximum absolute atomic E-state index is 11.6. The third-order valence-corrected chi connectivity index (χ3v) is 5.99. The maximum Gasteiger partial charge on any atom is 0.238 e. The van der Waals surface area contributed by atoms with Crippen LogP contribution in [0.5, 0.6) is 5.75 Å². The molecule has 7 nitrogen and oxygen atoms in total. The topological polar surface area (TPSA) is 107 Å². The molecule has 0 amide bonds. The van der Waals surface area contributed by atoms with Crippen LogP contribution in [-0.4, -0.2) is 25.0 Å². The van der Waals surface area contributed by atoms with Gasteiger partial charge in [0, 0.05) is 11.1 Å². The summed E-state index contributed by atoms with van der Waals surface area (Å²) in [5.74, 6) is 0.769. The van der Waals surface area contributed by atoms with E-state index in [-0.39, 0.29) is 4.90 Å². The Kier molecular flexibility index (Phi) is 4.66. The van der Waals surface area contributed by atoms with E-state index in [9.17, 15) is 8.42 Å². The molecule has 0 saturated carbocycles. The van der Waals surface area contributed by atoms with Gasteiger partial charge in [0.1, 0.15) is 5.75 Å². The number of ether oxygens (including phenoxy) is 1. The van der Waals surface area contributed by atoms with Crippen molar-refractivity contribution >= 4 is 53.3 Å². The van der Waals surface area contributed by atoms with E-state index in [1.807, 2.05) is 38.1 Å². The second-order valence-corrected chi connectivity index (χ2v) is 8.83. The van der Waals surface area contributed by atoms with Crippen LogP contribution in [0.15, 0.2) is 47.4 Å². The maximum atomic E-state index is 11.6. The van der Waals surface area contributed by atoms with Crippen LogP contribution in [0.2, 0.25) is 0 Å². The normalized spacial score (nSPS) is 11.8. The first-order chi connectivity index (χ1) is 13.3. The number of nitrogens with zero attached hydrogens (tertiary/aromatic N) is 2. The molecule has 4 rings (SSSR count). The van der Waals surface area contributed by atoms with Crippen molar-refractivity contribution in [1.82, 2.24) is 9.97 Å². The highest BCUT2D eigenvalue weighted by atomic mass is 32.2. The molecule has 4 aromatic rings. The Morgan fingerprint density at radius 2 is 1.89 bits per heavy atom. The van der Waals surface area contributed by atoms with Crippen molar-refractivity contribution < 1.29 is 13.2 Å². The molecular formula is C19H18N4O3S2. The van der Waals surface area contributed by atoms with Crippen LogP contribution in [0.3, 0.4) is 0 Å². The molecule has 0 fully saturated rings. The number of thiazole rings is 1. The Labute approximate surface area is 166 Å². The number of hydrogen-bond acceptors (Lipinski definition) is 7. The lowest BCUT2D eigenvalue weighted by atomic mass is 10.1. The van der Waals surface area contributed by atoms with E-state index in [0.29, 0.717) is 17.3 Å². The first-order valence-electron chi connectivity index (χ1n) is 8.58. The number of pyridine rings is 1. The number of fused-ring (bicyclic) bond motifs is 2. The molecule has 9 heteroatoms. The summed E-state index contributed by atoms with van der Waals surface area (Å²) in [7, 11) is -3.75. The van der Waals surface area contributed by atoms with Crippen LogP contribution in [0, 0.1) is 6.92 Å². The molecule has 2 heterocycles. The average molecular weight is 415 g/mol. The van der Waals surface area contributed by atoms with E-state index in [4.69, 9.17) is 9.88 Å². The molecule has 0 spiro atoms. The molecule has 0 aliphatic carbocycles. The van der Waals surface area contributed by atoms with Gasteiger partial charge in [-0.1, -0.05) is 11.3 Å². The van der Waals surface area contributed by atoms with Crippen molar-refractivity contribution in [1.29, 1.82) is 0 Å². The molecule has 2 aromatic heterocycles. The number of benzene rings is 2. The second-order valence-electron chi connectivity index (χ2n) is 6.24. The number of hydrogen-bond donors (Lipinski definition) is 2. The number of nitrogens with one attached hydrogen (secondary N) is 1. The average Bonchev–Trinajstić information content (AvgIpc) is 3.03. The predicted molar refractivity (Wildman–Crippen MR) is 112 cm³/mol. The van der Waals surface area contributed by atoms with Crippen molar-refractivity contribution in [2.24, 2.45) is 5.14 Å². The first kappa shape index (κ1) is 18.6. The van der Waals surface area contributed by atoms with E-state index in [2.05, 4.69) is 15.3 Å². The van der Waals surface area contributed by atoms with Gasteiger partial charge in [0.05, 0.1) is 32.9 Å². The van der Waals surface area contributed by atoms with Crippen LogP contribution >= 0.6 is 11.3 Å². The van der Waals surface area contributed by atoms with Crippen LogP contribution in [-0.2, 0) is 10.0 Å². The van der Waals surface area contributed by atoms with Crippen LogP contribution in [0.4, 0.5) is 10.8 Å². The van der Waals surface area contributed by atoms with Gasteiger partial charge in [0.2, 0.25) is 10.0 Å². The Morgan fingerprint density at radius 1 is 1.11 bits per heavy atom. The van der Waals surface area contributed by atoms with E-state index in [0.717, 1.165) is 32.7 Å². The third kappa shape index (κ3) is 3.64. The third-order valence-electron chi connectivity index (χ3n) is 4.15. The van der Waals surface area contributed by atoms with Gasteiger partial charge in [-0.3, -0.25) is 4.98 Å². The smallest absolute Gasteiger partial charge is 0.238 e. The largest absolute Gasteiger partial charge is 0.494 e. The summed E-state index contributed by atoms with van der Waals surface area (Å²) in [4.78, 5) is 9.19. The summed E-state index contributed by atoms with van der Waals surface area (Å²) in [6, 6.07) is 12.4. The lowest BCUT2D eigenvalue weighted by molar-refractivity contribution is 0.340. The highest BCUT2D eigenvalue weighted by molar-refractivity contribution is 7.89. The van der Waals surface area contributed by atoms with Gasteiger partial charge < -0.3 is 10.1 Å². The molecule has 0 aliphatic heterocycles. The fourth-order valence-corrected chi connectivity index (χ4v) is 4.48. The Hall–Kier alpha value is -2.75. The highest BCUT2D eigenvalue weighted by Crippen LogP contribution is 2.33. The highest BCUT2D eigenvalue weighted by Gasteiger charge is 2.13. The van der Waals surface area contributed by atoms with E-state index >= 15 is 0 Å². The molecule has 3 N–H and O–H groups in total. The molecule has 0 aliphatic rings. The first-order valence-corrected chi connectivity index (χ1v) is 10.9. The molecule has 28 heavy (non-hydrogen) atoms. The van der Waals surface area contributed by atoms with Crippen molar-refractivity contribution in [2.45, 2.75) is 18.7 Å². The van der Waals surface area contributed by atoms with Gasteiger partial charge in [-0.25, -0.2) is 18.5 Å². The lowest BCUT2D eigenvalue weighted by Crippen LogP contribution is -2.11. The number of aryl methyl sites for hydroxylation is 1. The Morgan fingerprint density at radius 3 is 2.64 bits per heavy atom. The van der Waals surface area contributed by atoms with Crippen LogP contribution < -0.4 is 15.2 Å². The van der Waals surface area contributed by atoms with Crippen molar-refractivity contribution in [3.05, 3.63) is 48.2 Å². The fraction of sp³-hybridized carbons (Fsp3) is 0.158. The lowest BCUT2D eigenvalue weighted by Gasteiger charge is -2.10. The van der Waals surface area contributed by atoms with Gasteiger partial charge in [0.15, 0.2) is 5.13 Å². The predicted octanol–water partition coefficient (Wildman–Crippen LogP) is 3.94. The van der Waals surface area contributed by atoms with E-state index in [1.165, 1.54) is 23.5 Å². The molecular weight excluding hydrogens is 396 g/mol. The molecule has 0 unspecified atom stereocenters. The van der Waals surface area contributed by atoms with Crippen molar-refractivity contribution in [3.63, 3.8) is 0 Å². The summed E-state index contributed by atoms with van der Waals surface area (Å²) in [5.41, 5.74) is 3.28. The minimum absolute atomic E-state index is 0.0711. The zero-order valence-electron chi connectivity index (χ0n) is 15.3. The monoisotopic (exact) mass is 414 g/mol. The molecule has 0 radical (unpaired) electrons. The number of anilines is 2. The number of rotatable bonds is 5. The van der Waals surface area contributed by atoms with Crippen LogP contribution in [0.25, 0.3) is 21.1 Å². The van der Waals surface area contributed by atoms with E-state index in [1.54, 1.807) is 6.07 Å². The summed E-state index contributed by atoms with van der Waals surface area (Å²) >= 11 is 1.36. The van der Waals surface area contributed by atoms with Gasteiger partial charge in [0.25, 0.3) is 0 Å². The van der Waals surface area contributed by atoms with Gasteiger partial charge in [-0.15, -0.1) is 0 Å². The van der Waals surface area contributed by atoms with Gasteiger partial charge in [-0.2, -0.15) is 0 Å². The fourth-order valence-electron chi connectivity index (χ4n) is 2.95. The number of nitrogens with two attached hydrogens (primary N) is 1. The SMILES string of the molecule is CCOc1ccc2nc(C)cc(Nc3nc4ccc(S(N)(=O)=O)cc4s3)c2c1.